The molecule has 8 nitrogen and oxygen atoms in total. The molecule has 2 rings (SSSR count). The van der Waals surface area contributed by atoms with Crippen LogP contribution in [0.5, 0.6) is 0 Å². The van der Waals surface area contributed by atoms with Gasteiger partial charge in [-0.3, -0.25) is 9.58 Å². The highest BCUT2D eigenvalue weighted by Gasteiger charge is 2.20. The van der Waals surface area contributed by atoms with E-state index in [0.29, 0.717) is 13.1 Å². The van der Waals surface area contributed by atoms with Crippen molar-refractivity contribution in [2.45, 2.75) is 33.4 Å². The first-order valence-electron chi connectivity index (χ1n) is 8.82. The van der Waals surface area contributed by atoms with Gasteiger partial charge in [0, 0.05) is 20.1 Å². The number of nitrogens with one attached hydrogen (secondary N) is 2. The first-order valence-corrected chi connectivity index (χ1v) is 8.82. The summed E-state index contributed by atoms with van der Waals surface area (Å²) in [6, 6.07) is 4.11. The molecule has 2 aromatic rings. The van der Waals surface area contributed by atoms with Crippen LogP contribution in [0, 0.1) is 0 Å². The van der Waals surface area contributed by atoms with Gasteiger partial charge in [-0.25, -0.2) is 9.98 Å². The molecule has 0 fully saturated rings. The fourth-order valence-electron chi connectivity index (χ4n) is 2.70. The van der Waals surface area contributed by atoms with Gasteiger partial charge in [0.25, 0.3) is 0 Å². The summed E-state index contributed by atoms with van der Waals surface area (Å²) in [5, 5.41) is 10.8. The van der Waals surface area contributed by atoms with Crippen molar-refractivity contribution in [2.75, 3.05) is 26.2 Å². The largest absolute Gasteiger partial charge is 0.468 e. The highest BCUT2D eigenvalue weighted by atomic mass is 16.3. The molecule has 1 unspecified atom stereocenters. The third kappa shape index (κ3) is 5.32. The molecular weight excluding hydrogens is 318 g/mol. The summed E-state index contributed by atoms with van der Waals surface area (Å²) in [5.41, 5.74) is 0. The number of rotatable bonds is 9. The summed E-state index contributed by atoms with van der Waals surface area (Å²) in [7, 11) is 1.87. The predicted molar refractivity (Wildman–Crippen MR) is 98.2 cm³/mol. The van der Waals surface area contributed by atoms with E-state index >= 15 is 0 Å². The molecule has 2 heterocycles. The molecule has 0 aliphatic heterocycles. The van der Waals surface area contributed by atoms with E-state index in [1.54, 1.807) is 17.3 Å². The lowest BCUT2D eigenvalue weighted by atomic mass is 10.2. The molecule has 1 atom stereocenters. The zero-order valence-electron chi connectivity index (χ0n) is 15.6. The minimum atomic E-state index is 0.156. The topological polar surface area (TPSA) is 83.5 Å². The molecule has 0 radical (unpaired) electrons. The van der Waals surface area contributed by atoms with Crippen molar-refractivity contribution >= 4 is 5.96 Å². The summed E-state index contributed by atoms with van der Waals surface area (Å²) in [5.74, 6) is 2.54. The third-order valence-corrected chi connectivity index (χ3v) is 4.12. The van der Waals surface area contributed by atoms with E-state index in [2.05, 4.69) is 44.5 Å². The van der Waals surface area contributed by atoms with E-state index in [-0.39, 0.29) is 6.04 Å². The summed E-state index contributed by atoms with van der Waals surface area (Å²) >= 11 is 0. The molecule has 0 amide bonds. The Balaban J connectivity index is 2.05. The summed E-state index contributed by atoms with van der Waals surface area (Å²) in [6.07, 6.45) is 3.26. The molecule has 0 saturated heterocycles. The van der Waals surface area contributed by atoms with Crippen molar-refractivity contribution in [1.29, 1.82) is 0 Å². The minimum Gasteiger partial charge on any atom is -0.468 e. The number of aromatic nitrogens is 3. The van der Waals surface area contributed by atoms with E-state index in [9.17, 15) is 0 Å². The van der Waals surface area contributed by atoms with Crippen LogP contribution < -0.4 is 10.6 Å². The number of furan rings is 1. The van der Waals surface area contributed by atoms with Gasteiger partial charge in [0.15, 0.2) is 5.96 Å². The summed E-state index contributed by atoms with van der Waals surface area (Å²) in [4.78, 5) is 11.2. The molecular formula is C17H29N7O. The predicted octanol–water partition coefficient (Wildman–Crippen LogP) is 1.55. The van der Waals surface area contributed by atoms with Crippen LogP contribution in [-0.4, -0.2) is 51.8 Å². The van der Waals surface area contributed by atoms with Gasteiger partial charge < -0.3 is 15.1 Å². The van der Waals surface area contributed by atoms with Gasteiger partial charge in [-0.05, 0) is 32.1 Å². The maximum atomic E-state index is 5.64. The van der Waals surface area contributed by atoms with Gasteiger partial charge in [0.05, 0.1) is 12.3 Å². The van der Waals surface area contributed by atoms with Crippen LogP contribution in [0.2, 0.25) is 0 Å². The van der Waals surface area contributed by atoms with Gasteiger partial charge in [-0.15, -0.1) is 0 Å². The molecule has 2 aromatic heterocycles. The van der Waals surface area contributed by atoms with Crippen molar-refractivity contribution in [2.24, 2.45) is 12.0 Å². The lowest BCUT2D eigenvalue weighted by Crippen LogP contribution is -2.43. The molecule has 2 N–H and O–H groups in total. The molecule has 0 saturated carbocycles. The standard InChI is InChI=1S/C17H29N7O/c1-5-18-17(20-12-16-21-13-22-23(16)4)19-11-14(24(6-2)7-3)15-9-8-10-25-15/h8-10,13-14H,5-7,11-12H2,1-4H3,(H2,18,19,20). The normalized spacial score (nSPS) is 13.2. The zero-order valence-corrected chi connectivity index (χ0v) is 15.6. The third-order valence-electron chi connectivity index (χ3n) is 4.12. The Labute approximate surface area is 149 Å². The number of guanidine groups is 1. The Kier molecular flexibility index (Phi) is 7.46. The number of likely N-dealkylation sites (N-methyl/N-ethyl adjacent to an activating group) is 1. The molecule has 0 spiro atoms. The van der Waals surface area contributed by atoms with Crippen LogP contribution in [0.3, 0.4) is 0 Å². The molecule has 138 valence electrons. The molecule has 0 aliphatic rings. The van der Waals surface area contributed by atoms with E-state index in [0.717, 1.165) is 37.2 Å². The highest BCUT2D eigenvalue weighted by molar-refractivity contribution is 5.79. The molecule has 0 aliphatic carbocycles. The van der Waals surface area contributed by atoms with E-state index < -0.39 is 0 Å². The first kappa shape index (κ1) is 19.0. The molecule has 8 heteroatoms. The Morgan fingerprint density at radius 2 is 2.12 bits per heavy atom. The maximum absolute atomic E-state index is 5.64. The smallest absolute Gasteiger partial charge is 0.191 e. The van der Waals surface area contributed by atoms with Gasteiger partial charge in [-0.2, -0.15) is 5.10 Å². The lowest BCUT2D eigenvalue weighted by molar-refractivity contribution is 0.193. The molecule has 25 heavy (non-hydrogen) atoms. The number of aryl methyl sites for hydroxylation is 1. The van der Waals surface area contributed by atoms with Crippen molar-refractivity contribution in [3.8, 4) is 0 Å². The van der Waals surface area contributed by atoms with E-state index in [4.69, 9.17) is 4.42 Å². The van der Waals surface area contributed by atoms with E-state index in [1.165, 1.54) is 0 Å². The summed E-state index contributed by atoms with van der Waals surface area (Å²) in [6.45, 7) is 10.3. The van der Waals surface area contributed by atoms with Gasteiger partial charge in [0.2, 0.25) is 0 Å². The average molecular weight is 347 g/mol. The quantitative estimate of drug-likeness (QED) is 0.529. The maximum Gasteiger partial charge on any atom is 0.191 e. The Morgan fingerprint density at radius 3 is 2.68 bits per heavy atom. The van der Waals surface area contributed by atoms with Crippen LogP contribution in [-0.2, 0) is 13.6 Å². The second kappa shape index (κ2) is 9.83. The van der Waals surface area contributed by atoms with Gasteiger partial charge in [0.1, 0.15) is 24.5 Å². The Morgan fingerprint density at radius 1 is 1.32 bits per heavy atom. The van der Waals surface area contributed by atoms with Crippen molar-refractivity contribution in [1.82, 2.24) is 30.3 Å². The monoisotopic (exact) mass is 347 g/mol. The minimum absolute atomic E-state index is 0.156. The van der Waals surface area contributed by atoms with Crippen molar-refractivity contribution in [3.63, 3.8) is 0 Å². The molecule has 0 aromatic carbocycles. The van der Waals surface area contributed by atoms with Crippen LogP contribution in [0.25, 0.3) is 0 Å². The fourth-order valence-corrected chi connectivity index (χ4v) is 2.70. The Hall–Kier alpha value is -2.35. The lowest BCUT2D eigenvalue weighted by Gasteiger charge is -2.28. The van der Waals surface area contributed by atoms with Crippen LogP contribution >= 0.6 is 0 Å². The zero-order chi connectivity index (χ0) is 18.1. The average Bonchev–Trinajstić information content (AvgIpc) is 3.28. The van der Waals surface area contributed by atoms with Crippen molar-refractivity contribution < 1.29 is 4.42 Å². The number of hydrogen-bond acceptors (Lipinski definition) is 5. The second-order valence-electron chi connectivity index (χ2n) is 5.63. The Bertz CT molecular complexity index is 631. The van der Waals surface area contributed by atoms with Gasteiger partial charge >= 0.3 is 0 Å². The van der Waals surface area contributed by atoms with Gasteiger partial charge in [-0.1, -0.05) is 13.8 Å². The second-order valence-corrected chi connectivity index (χ2v) is 5.63. The number of hydrogen-bond donors (Lipinski definition) is 2. The molecule has 0 bridgehead atoms. The van der Waals surface area contributed by atoms with Crippen molar-refractivity contribution in [3.05, 3.63) is 36.3 Å². The van der Waals surface area contributed by atoms with Crippen LogP contribution in [0.1, 0.15) is 38.4 Å². The number of aliphatic imine (C=N–C) groups is 1. The first-order chi connectivity index (χ1) is 12.2. The SMILES string of the molecule is CCNC(=NCc1ncnn1C)NCC(c1ccco1)N(CC)CC. The number of nitrogens with zero attached hydrogens (tertiary/aromatic N) is 5. The summed E-state index contributed by atoms with van der Waals surface area (Å²) < 4.78 is 7.37. The van der Waals surface area contributed by atoms with Crippen LogP contribution in [0.15, 0.2) is 34.1 Å². The van der Waals surface area contributed by atoms with Crippen LogP contribution in [0.4, 0.5) is 0 Å². The van der Waals surface area contributed by atoms with E-state index in [1.807, 2.05) is 26.1 Å². The fraction of sp³-hybridized carbons (Fsp3) is 0.588. The highest BCUT2D eigenvalue weighted by Crippen LogP contribution is 2.20.